The predicted octanol–water partition coefficient (Wildman–Crippen LogP) is 3.26. The summed E-state index contributed by atoms with van der Waals surface area (Å²) in [6.07, 6.45) is 8.12. The zero-order chi connectivity index (χ0) is 36.3. The first-order valence-corrected chi connectivity index (χ1v) is 19.5. The van der Waals surface area contributed by atoms with Crippen molar-refractivity contribution in [3.05, 3.63) is 53.6 Å². The molecule has 14 nitrogen and oxygen atoms in total. The molecule has 4 bridgehead atoms. The summed E-state index contributed by atoms with van der Waals surface area (Å²) >= 11 is 0. The van der Waals surface area contributed by atoms with Gasteiger partial charge in [-0.1, -0.05) is 56.2 Å². The van der Waals surface area contributed by atoms with Gasteiger partial charge in [-0.15, -0.1) is 6.58 Å². The smallest absolute Gasteiger partial charge is 0.410 e. The number of amides is 5. The second-order valence-electron chi connectivity index (χ2n) is 14.1. The molecule has 6 rings (SSSR count). The molecule has 3 N–H and O–H groups in total. The van der Waals surface area contributed by atoms with Crippen molar-refractivity contribution in [3.8, 4) is 0 Å². The van der Waals surface area contributed by atoms with E-state index in [4.69, 9.17) is 9.47 Å². The Balaban J connectivity index is 1.25. The Morgan fingerprint density at radius 3 is 2.69 bits per heavy atom. The van der Waals surface area contributed by atoms with Crippen molar-refractivity contribution in [1.29, 1.82) is 0 Å². The summed E-state index contributed by atoms with van der Waals surface area (Å²) in [5, 5.41) is 4.78. The first kappa shape index (κ1) is 36.4. The zero-order valence-electron chi connectivity index (χ0n) is 28.9. The van der Waals surface area contributed by atoms with Crippen LogP contribution in [0.3, 0.4) is 0 Å². The van der Waals surface area contributed by atoms with Gasteiger partial charge in [0.25, 0.3) is 5.91 Å². The number of nitrogens with zero attached hydrogens (tertiary/aromatic N) is 2. The lowest BCUT2D eigenvalue weighted by molar-refractivity contribution is -0.141. The molecule has 0 radical (unpaired) electrons. The van der Waals surface area contributed by atoms with Crippen LogP contribution in [0.2, 0.25) is 0 Å². The van der Waals surface area contributed by atoms with Crippen LogP contribution >= 0.6 is 0 Å². The molecule has 51 heavy (non-hydrogen) atoms. The minimum absolute atomic E-state index is 0.0696. The van der Waals surface area contributed by atoms with Crippen LogP contribution in [0.1, 0.15) is 87.8 Å². The molecular weight excluding hydrogens is 678 g/mol. The molecule has 276 valence electrons. The van der Waals surface area contributed by atoms with Gasteiger partial charge in [-0.25, -0.2) is 18.0 Å². The van der Waals surface area contributed by atoms with E-state index in [2.05, 4.69) is 28.0 Å². The maximum absolute atomic E-state index is 14.2. The van der Waals surface area contributed by atoms with Crippen LogP contribution in [0.5, 0.6) is 0 Å². The lowest BCUT2D eigenvalue weighted by Gasteiger charge is -2.29. The van der Waals surface area contributed by atoms with E-state index < -0.39 is 74.8 Å². The molecule has 1 saturated heterocycles. The lowest BCUT2D eigenvalue weighted by atomic mass is 10.0. The van der Waals surface area contributed by atoms with Gasteiger partial charge < -0.3 is 25.0 Å². The number of hydrogen-bond acceptors (Lipinski definition) is 9. The molecule has 1 aromatic carbocycles. The van der Waals surface area contributed by atoms with Crippen molar-refractivity contribution in [1.82, 2.24) is 25.2 Å². The van der Waals surface area contributed by atoms with E-state index in [1.807, 2.05) is 31.2 Å². The van der Waals surface area contributed by atoms with Gasteiger partial charge >= 0.3 is 12.2 Å². The van der Waals surface area contributed by atoms with E-state index in [1.54, 1.807) is 4.90 Å². The summed E-state index contributed by atoms with van der Waals surface area (Å²) in [6, 6.07) is 3.70. The summed E-state index contributed by atoms with van der Waals surface area (Å²) in [5.74, 6) is -2.65. The Hall–Kier alpha value is -4.40. The minimum atomic E-state index is -3.90. The summed E-state index contributed by atoms with van der Waals surface area (Å²) in [7, 11) is -3.90. The van der Waals surface area contributed by atoms with Crippen molar-refractivity contribution in [3.63, 3.8) is 0 Å². The molecule has 5 amide bonds. The fourth-order valence-electron chi connectivity index (χ4n) is 7.13. The van der Waals surface area contributed by atoms with Gasteiger partial charge in [0, 0.05) is 18.9 Å². The molecule has 3 fully saturated rings. The number of nitrogens with one attached hydrogen (secondary N) is 3. The number of rotatable bonds is 9. The van der Waals surface area contributed by atoms with Crippen molar-refractivity contribution in [2.45, 2.75) is 113 Å². The average molecular weight is 726 g/mol. The summed E-state index contributed by atoms with van der Waals surface area (Å²) in [4.78, 5) is 71.0. The maximum atomic E-state index is 14.2. The predicted molar refractivity (Wildman–Crippen MR) is 186 cm³/mol. The maximum Gasteiger partial charge on any atom is 0.410 e. The molecule has 1 aromatic rings. The molecule has 5 aliphatic rings. The van der Waals surface area contributed by atoms with Crippen LogP contribution in [-0.4, -0.2) is 90.3 Å². The number of benzene rings is 1. The minimum Gasteiger partial charge on any atom is -0.450 e. The van der Waals surface area contributed by atoms with Crippen molar-refractivity contribution >= 4 is 46.0 Å². The van der Waals surface area contributed by atoms with Crippen LogP contribution in [0.4, 0.5) is 9.59 Å². The molecule has 0 spiro atoms. The third-order valence-electron chi connectivity index (χ3n) is 10.4. The molecule has 0 aromatic heterocycles. The number of sulfonamides is 1. The standard InChI is InChI=1S/C36H47N5O9S/c1-3-5-14-29-32(43)41-21-26(18-30(41)31(42)38-36(19-25(36)4-2)33(44)39-51(47,48)27-15-16-27)50-35(46)40-20-24-13-10-12-23(28(24)22-40)11-8-6-7-9-17-49-34(45)37-29/h4,8,10-13,25-27,29-30H,2-3,5-7,9,14-22H2,1H3,(H,37,45)(H,38,42)(H,39,44)/b11-8+/t25-,26-,29+,30+,36-/m1/s1. The second-order valence-corrected chi connectivity index (χ2v) is 16.1. The van der Waals surface area contributed by atoms with E-state index in [0.29, 0.717) is 38.8 Å². The van der Waals surface area contributed by atoms with E-state index in [0.717, 1.165) is 36.0 Å². The van der Waals surface area contributed by atoms with Crippen molar-refractivity contribution < 1.29 is 41.9 Å². The molecule has 3 heterocycles. The number of cyclic esters (lactones) is 1. The topological polar surface area (TPSA) is 181 Å². The molecule has 15 heteroatoms. The monoisotopic (exact) mass is 725 g/mol. The third kappa shape index (κ3) is 8.08. The number of fused-ring (bicyclic) bond motifs is 3. The largest absolute Gasteiger partial charge is 0.450 e. The van der Waals surface area contributed by atoms with E-state index in [1.165, 1.54) is 11.0 Å². The molecule has 2 saturated carbocycles. The zero-order valence-corrected chi connectivity index (χ0v) is 29.8. The highest BCUT2D eigenvalue weighted by molar-refractivity contribution is 7.91. The Morgan fingerprint density at radius 1 is 1.16 bits per heavy atom. The van der Waals surface area contributed by atoms with Gasteiger partial charge in [0.2, 0.25) is 21.8 Å². The van der Waals surface area contributed by atoms with E-state index in [9.17, 15) is 32.4 Å². The van der Waals surface area contributed by atoms with Gasteiger partial charge in [0.1, 0.15) is 23.7 Å². The van der Waals surface area contributed by atoms with Gasteiger partial charge in [0.05, 0.1) is 24.9 Å². The first-order chi connectivity index (χ1) is 24.5. The number of carbonyl (C=O) groups is 5. The highest BCUT2D eigenvalue weighted by Gasteiger charge is 2.62. The van der Waals surface area contributed by atoms with Gasteiger partial charge in [-0.3, -0.25) is 24.0 Å². The Kier molecular flexibility index (Phi) is 10.7. The summed E-state index contributed by atoms with van der Waals surface area (Å²) < 4.78 is 38.7. The van der Waals surface area contributed by atoms with E-state index in [-0.39, 0.29) is 32.4 Å². The lowest BCUT2D eigenvalue weighted by Crippen LogP contribution is -2.58. The Bertz CT molecular complexity index is 1710. The molecular formula is C36H47N5O9S. The van der Waals surface area contributed by atoms with Gasteiger partial charge in [-0.2, -0.15) is 0 Å². The SMILES string of the molecule is C=C[C@@H]1C[C@]1(NC(=O)[C@@H]1C[C@@H]2CN1C(=O)[C@H](CCCC)NC(=O)OCCCC/C=C/c1cccc3c1CN(C3)C(=O)O2)C(=O)NS(=O)(=O)C1CC1. The fraction of sp³-hybridized carbons (Fsp3) is 0.583. The van der Waals surface area contributed by atoms with Gasteiger partial charge in [0.15, 0.2) is 0 Å². The van der Waals surface area contributed by atoms with Gasteiger partial charge in [-0.05, 0) is 61.6 Å². The average Bonchev–Trinajstić information content (AvgIpc) is 3.99. The van der Waals surface area contributed by atoms with Crippen LogP contribution in [-0.2, 0) is 47.0 Å². The van der Waals surface area contributed by atoms with Crippen molar-refractivity contribution in [2.75, 3.05) is 13.2 Å². The fourth-order valence-corrected chi connectivity index (χ4v) is 8.50. The van der Waals surface area contributed by atoms with Crippen LogP contribution in [0.15, 0.2) is 36.9 Å². The number of alkyl carbamates (subject to hydrolysis) is 1. The molecule has 0 unspecified atom stereocenters. The summed E-state index contributed by atoms with van der Waals surface area (Å²) in [5.41, 5.74) is 1.46. The van der Waals surface area contributed by atoms with Crippen LogP contribution in [0.25, 0.3) is 6.08 Å². The number of unbranched alkanes of at least 4 members (excludes halogenated alkanes) is 1. The van der Waals surface area contributed by atoms with E-state index >= 15 is 0 Å². The normalized spacial score (nSPS) is 28.9. The number of ether oxygens (including phenoxy) is 2. The van der Waals surface area contributed by atoms with Crippen LogP contribution < -0.4 is 15.4 Å². The number of hydrogen-bond donors (Lipinski definition) is 3. The third-order valence-corrected chi connectivity index (χ3v) is 12.2. The molecule has 2 aliphatic carbocycles. The second kappa shape index (κ2) is 15.1. The molecule has 5 atom stereocenters. The quantitative estimate of drug-likeness (QED) is 0.322. The number of allylic oxidation sites excluding steroid dienone is 1. The number of carbonyl (C=O) groups excluding carboxylic acids is 5. The highest BCUT2D eigenvalue weighted by atomic mass is 32.2. The summed E-state index contributed by atoms with van der Waals surface area (Å²) in [6.45, 7) is 6.43. The first-order valence-electron chi connectivity index (χ1n) is 17.9. The highest BCUT2D eigenvalue weighted by Crippen LogP contribution is 2.45. The van der Waals surface area contributed by atoms with Crippen molar-refractivity contribution in [2.24, 2.45) is 5.92 Å². The molecule has 3 aliphatic heterocycles. The Morgan fingerprint density at radius 2 is 1.96 bits per heavy atom. The van der Waals surface area contributed by atoms with Crippen LogP contribution in [0, 0.1) is 5.92 Å². The Labute approximate surface area is 298 Å².